The Morgan fingerprint density at radius 2 is 1.18 bits per heavy atom. The summed E-state index contributed by atoms with van der Waals surface area (Å²) >= 11 is 0. The largest absolute Gasteiger partial charge is 0.344 e. The third kappa shape index (κ3) is 3.92. The molecule has 0 aromatic heterocycles. The molecule has 0 aromatic rings. The average Bonchev–Trinajstić information content (AvgIpc) is 2.01. The predicted octanol–water partition coefficient (Wildman–Crippen LogP) is 4.07. The van der Waals surface area contributed by atoms with Gasteiger partial charge in [0.25, 0.3) is 0 Å². The molecule has 0 unspecified atom stereocenters. The molecule has 0 fully saturated rings. The zero-order valence-electron chi connectivity index (χ0n) is 8.74. The Hall–Kier alpha value is 0.177. The summed E-state index contributed by atoms with van der Waals surface area (Å²) in [5.41, 5.74) is 0. The van der Waals surface area contributed by atoms with E-state index < -0.39 is 8.07 Å². The van der Waals surface area contributed by atoms with Gasteiger partial charge in [-0.05, 0) is 0 Å². The van der Waals surface area contributed by atoms with Gasteiger partial charge in [0.05, 0.1) is 8.07 Å². The van der Waals surface area contributed by atoms with Crippen molar-refractivity contribution in [1.82, 2.24) is 6.15 Å². The van der Waals surface area contributed by atoms with Crippen LogP contribution in [0.1, 0.15) is 34.1 Å². The maximum Gasteiger partial charge on any atom is 0.0527 e. The van der Waals surface area contributed by atoms with Gasteiger partial charge < -0.3 is 6.15 Å². The van der Waals surface area contributed by atoms with Crippen LogP contribution in [-0.2, 0) is 0 Å². The van der Waals surface area contributed by atoms with Crippen molar-refractivity contribution in [3.05, 3.63) is 0 Å². The van der Waals surface area contributed by atoms with Crippen molar-refractivity contribution in [2.24, 2.45) is 0 Å². The molecule has 70 valence electrons. The molecule has 0 saturated heterocycles. The van der Waals surface area contributed by atoms with Crippen LogP contribution in [0.25, 0.3) is 0 Å². The summed E-state index contributed by atoms with van der Waals surface area (Å²) < 4.78 is 0. The lowest BCUT2D eigenvalue weighted by atomic mass is 10.6. The van der Waals surface area contributed by atoms with Crippen LogP contribution in [0, 0.1) is 0 Å². The lowest BCUT2D eigenvalue weighted by molar-refractivity contribution is 0.991. The molecule has 0 aliphatic carbocycles. The molecule has 0 aliphatic rings. The van der Waals surface area contributed by atoms with Crippen molar-refractivity contribution in [3.8, 4) is 0 Å². The highest BCUT2D eigenvalue weighted by atomic mass is 28.3. The highest BCUT2D eigenvalue weighted by Gasteiger charge is 2.24. The number of hydrogen-bond acceptors (Lipinski definition) is 1. The SMILES string of the molecule is CCC[Si](CC)(CC)CC.N. The highest BCUT2D eigenvalue weighted by molar-refractivity contribution is 6.79. The van der Waals surface area contributed by atoms with Crippen molar-refractivity contribution < 1.29 is 0 Å². The van der Waals surface area contributed by atoms with E-state index in [-0.39, 0.29) is 6.15 Å². The molecule has 2 heteroatoms. The van der Waals surface area contributed by atoms with Crippen LogP contribution in [0.4, 0.5) is 0 Å². The van der Waals surface area contributed by atoms with E-state index in [2.05, 4.69) is 27.7 Å². The lowest BCUT2D eigenvalue weighted by Gasteiger charge is -2.27. The van der Waals surface area contributed by atoms with Gasteiger partial charge in [-0.15, -0.1) is 0 Å². The van der Waals surface area contributed by atoms with Gasteiger partial charge >= 0.3 is 0 Å². The third-order valence-electron chi connectivity index (χ3n) is 3.03. The molecule has 0 radical (unpaired) electrons. The molecule has 0 amide bonds. The minimum Gasteiger partial charge on any atom is -0.344 e. The minimum atomic E-state index is -0.717. The molecule has 0 saturated carbocycles. The van der Waals surface area contributed by atoms with E-state index in [0.29, 0.717) is 0 Å². The Morgan fingerprint density at radius 1 is 0.818 bits per heavy atom. The first-order chi connectivity index (χ1) is 4.74. The molecule has 0 heterocycles. The molecule has 3 N–H and O–H groups in total. The second-order valence-corrected chi connectivity index (χ2v) is 8.93. The number of hydrogen-bond donors (Lipinski definition) is 1. The van der Waals surface area contributed by atoms with E-state index in [0.717, 1.165) is 0 Å². The minimum absolute atomic E-state index is 0. The van der Waals surface area contributed by atoms with Crippen LogP contribution >= 0.6 is 0 Å². The number of rotatable bonds is 5. The second kappa shape index (κ2) is 6.86. The zero-order valence-corrected chi connectivity index (χ0v) is 9.74. The normalized spacial score (nSPS) is 10.9. The fourth-order valence-electron chi connectivity index (χ4n) is 1.81. The van der Waals surface area contributed by atoms with Crippen molar-refractivity contribution >= 4 is 8.07 Å². The summed E-state index contributed by atoms with van der Waals surface area (Å²) in [5, 5.41) is 0. The molecule has 0 bridgehead atoms. The van der Waals surface area contributed by atoms with Gasteiger partial charge in [-0.1, -0.05) is 58.3 Å². The van der Waals surface area contributed by atoms with Crippen molar-refractivity contribution in [2.75, 3.05) is 0 Å². The second-order valence-electron chi connectivity index (χ2n) is 3.31. The van der Waals surface area contributed by atoms with Crippen molar-refractivity contribution in [2.45, 2.75) is 58.3 Å². The van der Waals surface area contributed by atoms with Crippen LogP contribution in [-0.4, -0.2) is 8.07 Å². The Bertz CT molecular complexity index is 71.4. The smallest absolute Gasteiger partial charge is 0.0527 e. The standard InChI is InChI=1S/C9H22Si.H3N/c1-5-9-10(6-2,7-3)8-4;/h5-9H2,1-4H3;1H3. The van der Waals surface area contributed by atoms with E-state index in [4.69, 9.17) is 0 Å². The first-order valence-electron chi connectivity index (χ1n) is 4.74. The topological polar surface area (TPSA) is 35.0 Å². The molecule has 11 heavy (non-hydrogen) atoms. The summed E-state index contributed by atoms with van der Waals surface area (Å²) in [5.74, 6) is 0. The molecular formula is C9H25NSi. The highest BCUT2D eigenvalue weighted by Crippen LogP contribution is 2.25. The summed E-state index contributed by atoms with van der Waals surface area (Å²) in [7, 11) is -0.717. The Morgan fingerprint density at radius 3 is 1.27 bits per heavy atom. The maximum atomic E-state index is 2.38. The van der Waals surface area contributed by atoms with Crippen LogP contribution in [0.3, 0.4) is 0 Å². The van der Waals surface area contributed by atoms with Crippen molar-refractivity contribution in [1.29, 1.82) is 0 Å². The third-order valence-corrected chi connectivity index (χ3v) is 9.09. The summed E-state index contributed by atoms with van der Waals surface area (Å²) in [4.78, 5) is 0. The average molecular weight is 175 g/mol. The van der Waals surface area contributed by atoms with Gasteiger partial charge in [0, 0.05) is 0 Å². The van der Waals surface area contributed by atoms with Gasteiger partial charge in [-0.25, -0.2) is 0 Å². The van der Waals surface area contributed by atoms with Gasteiger partial charge in [0.15, 0.2) is 0 Å². The fraction of sp³-hybridized carbons (Fsp3) is 1.00. The lowest BCUT2D eigenvalue weighted by Crippen LogP contribution is -2.30. The van der Waals surface area contributed by atoms with Gasteiger partial charge in [-0.2, -0.15) is 0 Å². The Balaban J connectivity index is 0. The summed E-state index contributed by atoms with van der Waals surface area (Å²) in [6, 6.07) is 6.03. The molecule has 0 aromatic carbocycles. The quantitative estimate of drug-likeness (QED) is 0.628. The van der Waals surface area contributed by atoms with Crippen LogP contribution in [0.5, 0.6) is 0 Å². The predicted molar refractivity (Wildman–Crippen MR) is 57.3 cm³/mol. The van der Waals surface area contributed by atoms with E-state index in [1.807, 2.05) is 0 Å². The van der Waals surface area contributed by atoms with E-state index in [9.17, 15) is 0 Å². The molecule has 0 aliphatic heterocycles. The first-order valence-corrected chi connectivity index (χ1v) is 7.57. The van der Waals surface area contributed by atoms with Crippen LogP contribution < -0.4 is 6.15 Å². The molecule has 0 spiro atoms. The summed E-state index contributed by atoms with van der Waals surface area (Å²) in [6.45, 7) is 9.47. The molecular weight excluding hydrogens is 150 g/mol. The summed E-state index contributed by atoms with van der Waals surface area (Å²) in [6.07, 6.45) is 1.40. The van der Waals surface area contributed by atoms with Gasteiger partial charge in [0.1, 0.15) is 0 Å². The fourth-order valence-corrected chi connectivity index (χ4v) is 5.43. The Kier molecular flexibility index (Phi) is 8.57. The van der Waals surface area contributed by atoms with Gasteiger partial charge in [-0.3, -0.25) is 0 Å². The Labute approximate surface area is 73.2 Å². The van der Waals surface area contributed by atoms with Crippen molar-refractivity contribution in [3.63, 3.8) is 0 Å². The van der Waals surface area contributed by atoms with E-state index in [1.54, 1.807) is 6.04 Å². The molecule has 1 nitrogen and oxygen atoms in total. The van der Waals surface area contributed by atoms with Crippen LogP contribution in [0.15, 0.2) is 0 Å². The van der Waals surface area contributed by atoms with E-state index >= 15 is 0 Å². The molecule has 0 rings (SSSR count). The maximum absolute atomic E-state index is 2.38. The first kappa shape index (κ1) is 13.7. The molecule has 0 atom stereocenters. The monoisotopic (exact) mass is 175 g/mol. The van der Waals surface area contributed by atoms with Gasteiger partial charge in [0.2, 0.25) is 0 Å². The van der Waals surface area contributed by atoms with E-state index in [1.165, 1.54) is 24.6 Å². The van der Waals surface area contributed by atoms with Crippen LogP contribution in [0.2, 0.25) is 24.2 Å². The zero-order chi connectivity index (χ0) is 8.04.